The lowest BCUT2D eigenvalue weighted by Gasteiger charge is -2.23. The molecule has 1 aliphatic carbocycles. The summed E-state index contributed by atoms with van der Waals surface area (Å²) >= 11 is 2.38. The molecule has 1 saturated carbocycles. The number of aryl methyl sites for hydroxylation is 1. The highest BCUT2D eigenvalue weighted by Gasteiger charge is 2.19. The fourth-order valence-electron chi connectivity index (χ4n) is 4.39. The third-order valence-electron chi connectivity index (χ3n) is 5.96. The van der Waals surface area contributed by atoms with Crippen molar-refractivity contribution >= 4 is 22.6 Å². The van der Waals surface area contributed by atoms with E-state index in [1.54, 1.807) is 0 Å². The number of benzene rings is 3. The topological polar surface area (TPSA) is 0 Å². The molecule has 0 amide bonds. The van der Waals surface area contributed by atoms with Crippen LogP contribution in [0, 0.1) is 10.5 Å². The molecule has 0 radical (unpaired) electrons. The Morgan fingerprint density at radius 2 is 1.15 bits per heavy atom. The smallest absolute Gasteiger partial charge is 0.0340 e. The van der Waals surface area contributed by atoms with Crippen LogP contribution in [0.4, 0.5) is 0 Å². The van der Waals surface area contributed by atoms with Crippen molar-refractivity contribution in [3.63, 3.8) is 0 Å². The van der Waals surface area contributed by atoms with Crippen LogP contribution in [0.15, 0.2) is 72.8 Å². The highest BCUT2D eigenvalue weighted by atomic mass is 127. The molecule has 1 unspecified atom stereocenters. The summed E-state index contributed by atoms with van der Waals surface area (Å²) in [6.07, 6.45) is 6.91. The number of hydrogen-bond donors (Lipinski definition) is 0. The lowest BCUT2D eigenvalue weighted by atomic mass is 9.81. The van der Waals surface area contributed by atoms with Crippen LogP contribution in [0.1, 0.15) is 71.8 Å². The van der Waals surface area contributed by atoms with Crippen molar-refractivity contribution < 1.29 is 0 Å². The first-order valence-corrected chi connectivity index (χ1v) is 11.2. The summed E-state index contributed by atoms with van der Waals surface area (Å²) in [4.78, 5) is 0. The highest BCUT2D eigenvalue weighted by Crippen LogP contribution is 2.36. The van der Waals surface area contributed by atoms with Crippen molar-refractivity contribution in [1.29, 1.82) is 0 Å². The van der Waals surface area contributed by atoms with Crippen LogP contribution < -0.4 is 0 Å². The second kappa shape index (κ2) is 8.60. The summed E-state index contributed by atoms with van der Waals surface area (Å²) in [7, 11) is 0. The first-order valence-electron chi connectivity index (χ1n) is 10.1. The molecule has 3 aromatic rings. The Balaban J connectivity index is 1.69. The minimum absolute atomic E-state index is 0.294. The molecule has 1 fully saturated rings. The van der Waals surface area contributed by atoms with Gasteiger partial charge in [0.2, 0.25) is 0 Å². The van der Waals surface area contributed by atoms with Crippen LogP contribution in [0.5, 0.6) is 0 Å². The maximum Gasteiger partial charge on any atom is 0.0340 e. The molecule has 0 nitrogen and oxygen atoms in total. The van der Waals surface area contributed by atoms with Crippen molar-refractivity contribution in [3.8, 4) is 0 Å². The SMILES string of the molecule is Cc1ccc(C(c2ccc(I)cc2)c2ccc(C3CCCCC3)cc2)cc1. The van der Waals surface area contributed by atoms with Crippen LogP contribution in [0.2, 0.25) is 0 Å². The summed E-state index contributed by atoms with van der Waals surface area (Å²) in [6.45, 7) is 2.16. The van der Waals surface area contributed by atoms with Gasteiger partial charge < -0.3 is 0 Å². The normalized spacial score (nSPS) is 16.2. The van der Waals surface area contributed by atoms with Gasteiger partial charge in [0.05, 0.1) is 0 Å². The molecular formula is C26H27I. The summed E-state index contributed by atoms with van der Waals surface area (Å²) in [6, 6.07) is 27.5. The van der Waals surface area contributed by atoms with E-state index in [0.29, 0.717) is 5.92 Å². The Labute approximate surface area is 177 Å². The van der Waals surface area contributed by atoms with Gasteiger partial charge in [0.15, 0.2) is 0 Å². The molecule has 4 rings (SSSR count). The lowest BCUT2D eigenvalue weighted by Crippen LogP contribution is -2.06. The van der Waals surface area contributed by atoms with Gasteiger partial charge in [-0.1, -0.05) is 85.5 Å². The standard InChI is InChI=1S/C26H27I/c1-19-7-9-22(10-8-19)26(24-15-17-25(27)18-16-24)23-13-11-21(12-14-23)20-5-3-2-4-6-20/h7-18,20,26H,2-6H2,1H3. The fourth-order valence-corrected chi connectivity index (χ4v) is 4.75. The van der Waals surface area contributed by atoms with E-state index in [2.05, 4.69) is 102 Å². The number of halogens is 1. The highest BCUT2D eigenvalue weighted by molar-refractivity contribution is 14.1. The van der Waals surface area contributed by atoms with E-state index >= 15 is 0 Å². The first-order chi connectivity index (χ1) is 13.2. The van der Waals surface area contributed by atoms with Gasteiger partial charge in [0.1, 0.15) is 0 Å². The minimum atomic E-state index is 0.294. The number of hydrogen-bond acceptors (Lipinski definition) is 0. The average molecular weight is 466 g/mol. The average Bonchev–Trinajstić information content (AvgIpc) is 2.72. The Hall–Kier alpha value is -1.61. The van der Waals surface area contributed by atoms with E-state index in [1.807, 2.05) is 0 Å². The van der Waals surface area contributed by atoms with Crippen LogP contribution >= 0.6 is 22.6 Å². The quantitative estimate of drug-likeness (QED) is 0.272. The third kappa shape index (κ3) is 4.45. The molecule has 1 aliphatic rings. The Kier molecular flexibility index (Phi) is 5.97. The second-order valence-corrected chi connectivity index (χ2v) is 9.14. The Morgan fingerprint density at radius 1 is 0.667 bits per heavy atom. The van der Waals surface area contributed by atoms with Crippen LogP contribution in [0.3, 0.4) is 0 Å². The zero-order valence-corrected chi connectivity index (χ0v) is 18.2. The van der Waals surface area contributed by atoms with Crippen molar-refractivity contribution in [2.24, 2.45) is 0 Å². The molecule has 0 heterocycles. The molecule has 0 aliphatic heterocycles. The molecule has 0 N–H and O–H groups in total. The van der Waals surface area contributed by atoms with E-state index in [-0.39, 0.29) is 0 Å². The van der Waals surface area contributed by atoms with Gasteiger partial charge in [0, 0.05) is 9.49 Å². The summed E-state index contributed by atoms with van der Waals surface area (Å²) in [5.74, 6) is 1.06. The minimum Gasteiger partial charge on any atom is -0.0590 e. The molecule has 0 saturated heterocycles. The monoisotopic (exact) mass is 466 g/mol. The maximum absolute atomic E-state index is 2.39. The third-order valence-corrected chi connectivity index (χ3v) is 6.68. The van der Waals surface area contributed by atoms with Gasteiger partial charge in [-0.2, -0.15) is 0 Å². The molecule has 0 aromatic heterocycles. The van der Waals surface area contributed by atoms with Gasteiger partial charge >= 0.3 is 0 Å². The van der Waals surface area contributed by atoms with Gasteiger partial charge in [-0.25, -0.2) is 0 Å². The lowest BCUT2D eigenvalue weighted by molar-refractivity contribution is 0.443. The second-order valence-electron chi connectivity index (χ2n) is 7.90. The van der Waals surface area contributed by atoms with Crippen molar-refractivity contribution in [2.45, 2.75) is 50.9 Å². The molecular weight excluding hydrogens is 439 g/mol. The summed E-state index contributed by atoms with van der Waals surface area (Å²) < 4.78 is 1.28. The van der Waals surface area contributed by atoms with Gasteiger partial charge in [-0.3, -0.25) is 0 Å². The van der Waals surface area contributed by atoms with Crippen molar-refractivity contribution in [3.05, 3.63) is 104 Å². The van der Waals surface area contributed by atoms with E-state index < -0.39 is 0 Å². The van der Waals surface area contributed by atoms with Crippen LogP contribution in [-0.2, 0) is 0 Å². The molecule has 138 valence electrons. The molecule has 1 atom stereocenters. The molecule has 0 spiro atoms. The molecule has 0 bridgehead atoms. The maximum atomic E-state index is 2.39. The Morgan fingerprint density at radius 3 is 1.70 bits per heavy atom. The predicted octanol–water partition coefficient (Wildman–Crippen LogP) is 7.83. The summed E-state index contributed by atoms with van der Waals surface area (Å²) in [5, 5.41) is 0. The van der Waals surface area contributed by atoms with Crippen molar-refractivity contribution in [1.82, 2.24) is 0 Å². The largest absolute Gasteiger partial charge is 0.0590 e. The van der Waals surface area contributed by atoms with E-state index in [4.69, 9.17) is 0 Å². The summed E-state index contributed by atoms with van der Waals surface area (Å²) in [5.41, 5.74) is 6.97. The van der Waals surface area contributed by atoms with E-state index in [9.17, 15) is 0 Å². The zero-order valence-electron chi connectivity index (χ0n) is 16.0. The van der Waals surface area contributed by atoms with Crippen LogP contribution in [0.25, 0.3) is 0 Å². The van der Waals surface area contributed by atoms with Crippen molar-refractivity contribution in [2.75, 3.05) is 0 Å². The zero-order chi connectivity index (χ0) is 18.6. The van der Waals surface area contributed by atoms with Crippen LogP contribution in [-0.4, -0.2) is 0 Å². The van der Waals surface area contributed by atoms with Gasteiger partial charge in [-0.05, 0) is 82.7 Å². The van der Waals surface area contributed by atoms with E-state index in [1.165, 1.54) is 63.5 Å². The molecule has 1 heteroatoms. The fraction of sp³-hybridized carbons (Fsp3) is 0.308. The predicted molar refractivity (Wildman–Crippen MR) is 124 cm³/mol. The van der Waals surface area contributed by atoms with Gasteiger partial charge in [-0.15, -0.1) is 0 Å². The van der Waals surface area contributed by atoms with E-state index in [0.717, 1.165) is 5.92 Å². The number of rotatable bonds is 4. The first kappa shape index (κ1) is 18.7. The molecule has 27 heavy (non-hydrogen) atoms. The molecule has 3 aromatic carbocycles. The van der Waals surface area contributed by atoms with Gasteiger partial charge in [0.25, 0.3) is 0 Å². The Bertz CT molecular complexity index is 808.